The Labute approximate surface area is 142 Å². The SMILES string of the molecule is Cc1c(-c2ccccc2)c(F)c2oc(-c3cnccn3)nc2c1C#N. The summed E-state index contributed by atoms with van der Waals surface area (Å²) < 4.78 is 20.8. The summed E-state index contributed by atoms with van der Waals surface area (Å²) in [5, 5.41) is 9.58. The molecule has 120 valence electrons. The highest BCUT2D eigenvalue weighted by atomic mass is 19.1. The zero-order valence-corrected chi connectivity index (χ0v) is 13.2. The highest BCUT2D eigenvalue weighted by Crippen LogP contribution is 2.36. The first-order valence-electron chi connectivity index (χ1n) is 7.55. The quantitative estimate of drug-likeness (QED) is 0.548. The van der Waals surface area contributed by atoms with E-state index in [0.717, 1.165) is 0 Å². The molecular formula is C19H11FN4O. The van der Waals surface area contributed by atoms with Crippen LogP contribution >= 0.6 is 0 Å². The Morgan fingerprint density at radius 3 is 2.64 bits per heavy atom. The molecule has 0 spiro atoms. The highest BCUT2D eigenvalue weighted by molar-refractivity contribution is 5.90. The molecule has 0 saturated carbocycles. The van der Waals surface area contributed by atoms with Gasteiger partial charge in [0.05, 0.1) is 11.8 Å². The van der Waals surface area contributed by atoms with Crippen LogP contribution in [0.1, 0.15) is 11.1 Å². The molecule has 0 saturated heterocycles. The normalized spacial score (nSPS) is 10.8. The first kappa shape index (κ1) is 15.0. The van der Waals surface area contributed by atoms with Crippen LogP contribution in [0.5, 0.6) is 0 Å². The average Bonchev–Trinajstić information content (AvgIpc) is 3.09. The molecule has 0 aliphatic heterocycles. The summed E-state index contributed by atoms with van der Waals surface area (Å²) in [6.07, 6.45) is 4.48. The summed E-state index contributed by atoms with van der Waals surface area (Å²) in [5.41, 5.74) is 2.34. The molecule has 0 fully saturated rings. The van der Waals surface area contributed by atoms with Crippen molar-refractivity contribution < 1.29 is 8.81 Å². The van der Waals surface area contributed by atoms with Gasteiger partial charge in [0, 0.05) is 18.0 Å². The van der Waals surface area contributed by atoms with Crippen molar-refractivity contribution in [3.8, 4) is 28.8 Å². The Morgan fingerprint density at radius 2 is 1.96 bits per heavy atom. The van der Waals surface area contributed by atoms with Crippen molar-refractivity contribution >= 4 is 11.1 Å². The van der Waals surface area contributed by atoms with Crippen LogP contribution in [0.4, 0.5) is 4.39 Å². The second kappa shape index (κ2) is 5.80. The molecule has 0 radical (unpaired) electrons. The summed E-state index contributed by atoms with van der Waals surface area (Å²) in [7, 11) is 0. The van der Waals surface area contributed by atoms with Crippen molar-refractivity contribution in [3.63, 3.8) is 0 Å². The average molecular weight is 330 g/mol. The van der Waals surface area contributed by atoms with Crippen LogP contribution in [0.25, 0.3) is 33.8 Å². The van der Waals surface area contributed by atoms with Gasteiger partial charge in [-0.15, -0.1) is 0 Å². The van der Waals surface area contributed by atoms with Gasteiger partial charge in [0.25, 0.3) is 0 Å². The van der Waals surface area contributed by atoms with E-state index in [0.29, 0.717) is 22.4 Å². The van der Waals surface area contributed by atoms with Gasteiger partial charge in [0.1, 0.15) is 17.3 Å². The van der Waals surface area contributed by atoms with Crippen LogP contribution in [0.2, 0.25) is 0 Å². The first-order valence-corrected chi connectivity index (χ1v) is 7.55. The molecule has 2 heterocycles. The Bertz CT molecular complexity index is 1120. The van der Waals surface area contributed by atoms with E-state index < -0.39 is 5.82 Å². The van der Waals surface area contributed by atoms with Crippen molar-refractivity contribution in [2.24, 2.45) is 0 Å². The monoisotopic (exact) mass is 330 g/mol. The molecule has 0 amide bonds. The second-order valence-electron chi connectivity index (χ2n) is 5.45. The van der Waals surface area contributed by atoms with Crippen LogP contribution in [0.3, 0.4) is 0 Å². The van der Waals surface area contributed by atoms with Gasteiger partial charge in [-0.2, -0.15) is 5.26 Å². The van der Waals surface area contributed by atoms with Crippen molar-refractivity contribution in [2.75, 3.05) is 0 Å². The van der Waals surface area contributed by atoms with Gasteiger partial charge in [0.2, 0.25) is 5.89 Å². The van der Waals surface area contributed by atoms with Gasteiger partial charge in [-0.25, -0.2) is 14.4 Å². The fraction of sp³-hybridized carbons (Fsp3) is 0.0526. The zero-order valence-electron chi connectivity index (χ0n) is 13.2. The summed E-state index contributed by atoms with van der Waals surface area (Å²) in [4.78, 5) is 12.3. The van der Waals surface area contributed by atoms with Gasteiger partial charge in [-0.3, -0.25) is 4.98 Å². The van der Waals surface area contributed by atoms with Crippen molar-refractivity contribution in [2.45, 2.75) is 6.92 Å². The minimum Gasteiger partial charge on any atom is -0.431 e. The number of oxazole rings is 1. The lowest BCUT2D eigenvalue weighted by Gasteiger charge is -2.09. The molecule has 4 aromatic rings. The predicted octanol–water partition coefficient (Wildman–Crippen LogP) is 4.27. The maximum Gasteiger partial charge on any atom is 0.248 e. The zero-order chi connectivity index (χ0) is 17.4. The van der Waals surface area contributed by atoms with E-state index in [1.165, 1.54) is 18.6 Å². The number of nitriles is 1. The van der Waals surface area contributed by atoms with Crippen molar-refractivity contribution in [1.29, 1.82) is 5.26 Å². The predicted molar refractivity (Wildman–Crippen MR) is 89.9 cm³/mol. The number of hydrogen-bond acceptors (Lipinski definition) is 5. The number of hydrogen-bond donors (Lipinski definition) is 0. The molecule has 2 aromatic heterocycles. The lowest BCUT2D eigenvalue weighted by atomic mass is 9.95. The van der Waals surface area contributed by atoms with E-state index in [1.54, 1.807) is 19.1 Å². The van der Waals surface area contributed by atoms with Gasteiger partial charge in [-0.1, -0.05) is 30.3 Å². The third-order valence-electron chi connectivity index (χ3n) is 3.99. The van der Waals surface area contributed by atoms with E-state index in [4.69, 9.17) is 4.42 Å². The molecule has 0 N–H and O–H groups in total. The third kappa shape index (κ3) is 2.34. The van der Waals surface area contributed by atoms with E-state index in [1.807, 2.05) is 18.2 Å². The van der Waals surface area contributed by atoms with Gasteiger partial charge in [0.15, 0.2) is 11.4 Å². The molecule has 25 heavy (non-hydrogen) atoms. The Kier molecular flexibility index (Phi) is 3.47. The summed E-state index contributed by atoms with van der Waals surface area (Å²) in [5.74, 6) is -0.413. The second-order valence-corrected chi connectivity index (χ2v) is 5.45. The molecule has 0 unspecified atom stereocenters. The molecule has 0 aliphatic rings. The molecule has 5 nitrogen and oxygen atoms in total. The van der Waals surface area contributed by atoms with E-state index >= 15 is 4.39 Å². The lowest BCUT2D eigenvalue weighted by molar-refractivity contribution is 0.564. The van der Waals surface area contributed by atoms with Crippen LogP contribution < -0.4 is 0 Å². The number of nitrogens with zero attached hydrogens (tertiary/aromatic N) is 4. The minimum absolute atomic E-state index is 0.0540. The summed E-state index contributed by atoms with van der Waals surface area (Å²) >= 11 is 0. The van der Waals surface area contributed by atoms with Crippen molar-refractivity contribution in [1.82, 2.24) is 15.0 Å². The largest absolute Gasteiger partial charge is 0.431 e. The molecule has 0 bridgehead atoms. The highest BCUT2D eigenvalue weighted by Gasteiger charge is 2.24. The molecule has 0 aliphatic carbocycles. The van der Waals surface area contributed by atoms with Crippen LogP contribution in [-0.4, -0.2) is 15.0 Å². The smallest absolute Gasteiger partial charge is 0.248 e. The topological polar surface area (TPSA) is 75.6 Å². The van der Waals surface area contributed by atoms with Crippen LogP contribution in [0.15, 0.2) is 53.3 Å². The van der Waals surface area contributed by atoms with Crippen LogP contribution in [0, 0.1) is 24.1 Å². The maximum atomic E-state index is 15.2. The number of fused-ring (bicyclic) bond motifs is 1. The fourth-order valence-corrected chi connectivity index (χ4v) is 2.82. The van der Waals surface area contributed by atoms with E-state index in [9.17, 15) is 5.26 Å². The summed E-state index contributed by atoms with van der Waals surface area (Å²) in [6.45, 7) is 1.71. The number of aromatic nitrogens is 3. The molecular weight excluding hydrogens is 319 g/mol. The minimum atomic E-state index is -0.541. The van der Waals surface area contributed by atoms with E-state index in [-0.39, 0.29) is 22.6 Å². The summed E-state index contributed by atoms with van der Waals surface area (Å²) in [6, 6.07) is 11.2. The van der Waals surface area contributed by atoms with Crippen LogP contribution in [-0.2, 0) is 0 Å². The lowest BCUT2D eigenvalue weighted by Crippen LogP contribution is -1.95. The standard InChI is InChI=1S/C19H11FN4O/c1-11-13(9-21)17-18(16(20)15(11)12-5-3-2-4-6-12)25-19(24-17)14-10-22-7-8-23-14/h2-8,10H,1H3. The Balaban J connectivity index is 2.06. The van der Waals surface area contributed by atoms with Gasteiger partial charge in [-0.05, 0) is 18.1 Å². The molecule has 6 heteroatoms. The molecule has 0 atom stereocenters. The number of rotatable bonds is 2. The molecule has 2 aromatic carbocycles. The number of halogens is 1. The van der Waals surface area contributed by atoms with Gasteiger partial charge < -0.3 is 4.42 Å². The maximum absolute atomic E-state index is 15.2. The third-order valence-corrected chi connectivity index (χ3v) is 3.99. The van der Waals surface area contributed by atoms with Crippen molar-refractivity contribution in [3.05, 3.63) is 65.9 Å². The Morgan fingerprint density at radius 1 is 1.16 bits per heavy atom. The van der Waals surface area contributed by atoms with E-state index in [2.05, 4.69) is 21.0 Å². The molecule has 4 rings (SSSR count). The Hall–Kier alpha value is -3.59. The first-order chi connectivity index (χ1) is 12.2. The fourth-order valence-electron chi connectivity index (χ4n) is 2.82. The van der Waals surface area contributed by atoms with Gasteiger partial charge >= 0.3 is 0 Å². The number of benzene rings is 2.